The Morgan fingerprint density at radius 1 is 0.781 bits per heavy atom. The third-order valence-electron chi connectivity index (χ3n) is 5.63. The largest absolute Gasteiger partial charge is 0.374 e. The lowest BCUT2D eigenvalue weighted by molar-refractivity contribution is -0.120. The molecule has 0 unspecified atom stereocenters. The summed E-state index contributed by atoms with van der Waals surface area (Å²) in [4.78, 5) is 14.5. The van der Waals surface area contributed by atoms with Crippen LogP contribution in [0.15, 0.2) is 103 Å². The highest BCUT2D eigenvalue weighted by Gasteiger charge is 2.31. The van der Waals surface area contributed by atoms with Crippen LogP contribution in [0, 0.1) is 0 Å². The Morgan fingerprint density at radius 2 is 1.34 bits per heavy atom. The number of hydrogen-bond acceptors (Lipinski definition) is 4. The third kappa shape index (κ3) is 6.39. The van der Waals surface area contributed by atoms with Crippen LogP contribution in [-0.4, -0.2) is 29.4 Å². The van der Waals surface area contributed by atoms with Gasteiger partial charge in [-0.1, -0.05) is 91.0 Å². The van der Waals surface area contributed by atoms with Crippen LogP contribution in [0.25, 0.3) is 0 Å². The van der Waals surface area contributed by atoms with Crippen molar-refractivity contribution in [1.82, 2.24) is 4.90 Å². The molecule has 0 fully saturated rings. The van der Waals surface area contributed by atoms with Crippen LogP contribution in [-0.2, 0) is 34.0 Å². The van der Waals surface area contributed by atoms with Crippen LogP contribution >= 0.6 is 0 Å². The Hall–Kier alpha value is -3.21. The molecule has 1 aliphatic heterocycles. The maximum atomic E-state index is 12.3. The lowest BCUT2D eigenvalue weighted by atomic mass is 9.99. The number of hydrogen-bond donors (Lipinski definition) is 0. The Labute approximate surface area is 190 Å². The highest BCUT2D eigenvalue weighted by atomic mass is 16.5. The average Bonchev–Trinajstić information content (AvgIpc) is 2.84. The SMILES string of the molecule is O=C1C=CN(Cc2ccccc2)[C@@H]([C@@H](COCc2ccccc2)OCc2ccccc2)C1. The summed E-state index contributed by atoms with van der Waals surface area (Å²) in [6, 6.07) is 30.4. The maximum Gasteiger partial charge on any atom is 0.159 e. The van der Waals surface area contributed by atoms with E-state index < -0.39 is 0 Å². The molecule has 3 aromatic carbocycles. The summed E-state index contributed by atoms with van der Waals surface area (Å²) in [5.74, 6) is 0.121. The van der Waals surface area contributed by atoms with Crippen LogP contribution in [0.3, 0.4) is 0 Å². The lowest BCUT2D eigenvalue weighted by Crippen LogP contribution is -2.47. The van der Waals surface area contributed by atoms with Crippen LogP contribution in [0.5, 0.6) is 0 Å². The summed E-state index contributed by atoms with van der Waals surface area (Å²) in [7, 11) is 0. The van der Waals surface area contributed by atoms with Gasteiger partial charge in [-0.15, -0.1) is 0 Å². The molecule has 0 aliphatic carbocycles. The van der Waals surface area contributed by atoms with E-state index >= 15 is 0 Å². The van der Waals surface area contributed by atoms with Gasteiger partial charge in [0.2, 0.25) is 0 Å². The molecule has 4 rings (SSSR count). The smallest absolute Gasteiger partial charge is 0.159 e. The summed E-state index contributed by atoms with van der Waals surface area (Å²) in [6.07, 6.45) is 3.74. The normalized spacial score (nSPS) is 16.8. The molecule has 0 aromatic heterocycles. The summed E-state index contributed by atoms with van der Waals surface area (Å²) >= 11 is 0. The number of carbonyl (C=O) groups is 1. The van der Waals surface area contributed by atoms with Gasteiger partial charge in [-0.2, -0.15) is 0 Å². The minimum absolute atomic E-state index is 0.0906. The van der Waals surface area contributed by atoms with Crippen molar-refractivity contribution in [2.24, 2.45) is 0 Å². The molecule has 1 aliphatic rings. The molecular formula is C28H29NO3. The topological polar surface area (TPSA) is 38.8 Å². The summed E-state index contributed by atoms with van der Waals surface area (Å²) in [6.45, 7) is 2.13. The van der Waals surface area contributed by atoms with E-state index in [0.29, 0.717) is 26.2 Å². The first-order valence-electron chi connectivity index (χ1n) is 11.1. The average molecular weight is 428 g/mol. The molecule has 0 amide bonds. The molecule has 164 valence electrons. The first-order valence-corrected chi connectivity index (χ1v) is 11.1. The van der Waals surface area contributed by atoms with Gasteiger partial charge in [-0.05, 0) is 22.8 Å². The fraction of sp³-hybridized carbons (Fsp3) is 0.250. The van der Waals surface area contributed by atoms with Gasteiger partial charge < -0.3 is 14.4 Å². The third-order valence-corrected chi connectivity index (χ3v) is 5.63. The predicted octanol–water partition coefficient (Wildman–Crippen LogP) is 5.15. The number of rotatable bonds is 10. The van der Waals surface area contributed by atoms with Crippen LogP contribution < -0.4 is 0 Å². The van der Waals surface area contributed by atoms with E-state index in [-0.39, 0.29) is 17.9 Å². The Balaban J connectivity index is 1.48. The quantitative estimate of drug-likeness (QED) is 0.449. The van der Waals surface area contributed by atoms with Gasteiger partial charge in [0.25, 0.3) is 0 Å². The number of nitrogens with zero attached hydrogens (tertiary/aromatic N) is 1. The fourth-order valence-electron chi connectivity index (χ4n) is 3.90. The zero-order valence-electron chi connectivity index (χ0n) is 18.2. The number of ether oxygens (including phenoxy) is 2. The van der Waals surface area contributed by atoms with Gasteiger partial charge in [0.1, 0.15) is 6.10 Å². The first-order chi connectivity index (χ1) is 15.8. The highest BCUT2D eigenvalue weighted by molar-refractivity contribution is 5.90. The number of benzene rings is 3. The van der Waals surface area contributed by atoms with Crippen LogP contribution in [0.1, 0.15) is 23.1 Å². The van der Waals surface area contributed by atoms with E-state index in [1.165, 1.54) is 5.56 Å². The molecule has 4 heteroatoms. The second-order valence-electron chi connectivity index (χ2n) is 8.05. The van der Waals surface area contributed by atoms with Gasteiger partial charge in [0.15, 0.2) is 5.78 Å². The molecule has 0 radical (unpaired) electrons. The molecule has 1 heterocycles. The fourth-order valence-corrected chi connectivity index (χ4v) is 3.90. The van der Waals surface area contributed by atoms with Gasteiger partial charge in [0.05, 0.1) is 25.9 Å². The van der Waals surface area contributed by atoms with E-state index in [0.717, 1.165) is 17.7 Å². The van der Waals surface area contributed by atoms with E-state index in [1.54, 1.807) is 6.08 Å². The molecule has 32 heavy (non-hydrogen) atoms. The van der Waals surface area contributed by atoms with Crippen molar-refractivity contribution >= 4 is 5.78 Å². The monoisotopic (exact) mass is 427 g/mol. The summed E-state index contributed by atoms with van der Waals surface area (Å²) in [5.41, 5.74) is 3.42. The van der Waals surface area contributed by atoms with Crippen LogP contribution in [0.2, 0.25) is 0 Å². The van der Waals surface area contributed by atoms with Crippen molar-refractivity contribution in [3.63, 3.8) is 0 Å². The van der Waals surface area contributed by atoms with Crippen molar-refractivity contribution < 1.29 is 14.3 Å². The molecular weight excluding hydrogens is 398 g/mol. The minimum Gasteiger partial charge on any atom is -0.374 e. The van der Waals surface area contributed by atoms with Crippen molar-refractivity contribution in [2.45, 2.75) is 38.3 Å². The van der Waals surface area contributed by atoms with Gasteiger partial charge in [-0.3, -0.25) is 4.79 Å². The lowest BCUT2D eigenvalue weighted by Gasteiger charge is -2.38. The highest BCUT2D eigenvalue weighted by Crippen LogP contribution is 2.23. The molecule has 0 saturated heterocycles. The second kappa shape index (κ2) is 11.4. The maximum absolute atomic E-state index is 12.3. The predicted molar refractivity (Wildman–Crippen MR) is 126 cm³/mol. The van der Waals surface area contributed by atoms with Crippen LogP contribution in [0.4, 0.5) is 0 Å². The van der Waals surface area contributed by atoms with E-state index in [1.807, 2.05) is 60.8 Å². The van der Waals surface area contributed by atoms with Gasteiger partial charge >= 0.3 is 0 Å². The van der Waals surface area contributed by atoms with E-state index in [4.69, 9.17) is 9.47 Å². The van der Waals surface area contributed by atoms with Gasteiger partial charge in [0, 0.05) is 19.2 Å². The van der Waals surface area contributed by atoms with Crippen molar-refractivity contribution in [3.05, 3.63) is 120 Å². The number of carbonyl (C=O) groups excluding carboxylic acids is 1. The van der Waals surface area contributed by atoms with Gasteiger partial charge in [-0.25, -0.2) is 0 Å². The molecule has 4 nitrogen and oxygen atoms in total. The summed E-state index contributed by atoms with van der Waals surface area (Å²) in [5, 5.41) is 0. The molecule has 0 N–H and O–H groups in total. The molecule has 0 spiro atoms. The second-order valence-corrected chi connectivity index (χ2v) is 8.05. The molecule has 3 aromatic rings. The Bertz CT molecular complexity index is 989. The zero-order valence-corrected chi connectivity index (χ0v) is 18.2. The molecule has 0 saturated carbocycles. The Morgan fingerprint density at radius 3 is 1.97 bits per heavy atom. The van der Waals surface area contributed by atoms with Crippen molar-refractivity contribution in [1.29, 1.82) is 0 Å². The zero-order chi connectivity index (χ0) is 22.0. The minimum atomic E-state index is -0.239. The summed E-state index contributed by atoms with van der Waals surface area (Å²) < 4.78 is 12.4. The number of ketones is 1. The molecule has 2 atom stereocenters. The first kappa shape index (κ1) is 22.0. The molecule has 0 bridgehead atoms. The standard InChI is InChI=1S/C28H29NO3/c30-26-16-17-29(19-23-10-4-1-5-11-23)27(18-26)28(32-21-25-14-8-3-9-15-25)22-31-20-24-12-6-2-7-13-24/h1-17,27-28H,18-22H2/t27-,28-/m1/s1. The van der Waals surface area contributed by atoms with Crippen molar-refractivity contribution in [2.75, 3.05) is 6.61 Å². The van der Waals surface area contributed by atoms with Crippen molar-refractivity contribution in [3.8, 4) is 0 Å². The van der Waals surface area contributed by atoms with E-state index in [2.05, 4.69) is 41.3 Å². The Kier molecular flexibility index (Phi) is 7.85. The van der Waals surface area contributed by atoms with E-state index in [9.17, 15) is 4.79 Å². The number of allylic oxidation sites excluding steroid dienone is 1.